The summed E-state index contributed by atoms with van der Waals surface area (Å²) < 4.78 is 5.68. The van der Waals surface area contributed by atoms with E-state index < -0.39 is 41.8 Å². The third kappa shape index (κ3) is 6.01. The Kier molecular flexibility index (Phi) is 8.19. The summed E-state index contributed by atoms with van der Waals surface area (Å²) >= 11 is 0. The second-order valence-corrected chi connectivity index (χ2v) is 13.5. The van der Waals surface area contributed by atoms with Crippen LogP contribution in [0.3, 0.4) is 0 Å². The normalized spacial score (nSPS) is 30.4. The smallest absolute Gasteiger partial charge is 0.315 e. The molecule has 1 aromatic rings. The van der Waals surface area contributed by atoms with Crippen molar-refractivity contribution >= 4 is 29.5 Å². The molecule has 3 atom stereocenters. The monoisotopic (exact) mass is 593 g/mol. The molecule has 4 bridgehead atoms. The highest BCUT2D eigenvalue weighted by molar-refractivity contribution is 6.37. The van der Waals surface area contributed by atoms with Crippen LogP contribution in [0.5, 0.6) is 0 Å². The lowest BCUT2D eigenvalue weighted by Gasteiger charge is -2.56. The number of amides is 5. The van der Waals surface area contributed by atoms with Crippen LogP contribution < -0.4 is 21.7 Å². The number of nitrogens with two attached hydrogens (primary N) is 1. The number of ether oxygens (including phenoxy) is 1. The summed E-state index contributed by atoms with van der Waals surface area (Å²) in [5.41, 5.74) is 7.27. The first-order valence-corrected chi connectivity index (χ1v) is 15.9. The molecular weight excluding hydrogens is 550 g/mol. The maximum atomic E-state index is 14.2. The van der Waals surface area contributed by atoms with Gasteiger partial charge in [-0.05, 0) is 92.6 Å². The lowest BCUT2D eigenvalue weighted by Crippen LogP contribution is -2.64. The predicted molar refractivity (Wildman–Crippen MR) is 156 cm³/mol. The number of carbonyl (C=O) groups is 5. The third-order valence-electron chi connectivity index (χ3n) is 10.4. The summed E-state index contributed by atoms with van der Waals surface area (Å²) in [5.74, 6) is -1.33. The molecule has 5 aliphatic carbocycles. The minimum Gasteiger partial charge on any atom is -0.363 e. The molecule has 0 radical (unpaired) electrons. The minimum atomic E-state index is -1.29. The van der Waals surface area contributed by atoms with Gasteiger partial charge in [0.05, 0.1) is 12.6 Å². The van der Waals surface area contributed by atoms with Crippen molar-refractivity contribution in [3.63, 3.8) is 0 Å². The van der Waals surface area contributed by atoms with Crippen LogP contribution in [0.2, 0.25) is 0 Å². The van der Waals surface area contributed by atoms with Gasteiger partial charge in [-0.25, -0.2) is 4.79 Å². The lowest BCUT2D eigenvalue weighted by atomic mass is 9.53. The zero-order chi connectivity index (χ0) is 30.3. The topological polar surface area (TPSA) is 160 Å². The molecule has 11 heteroatoms. The van der Waals surface area contributed by atoms with Crippen molar-refractivity contribution in [1.82, 2.24) is 20.9 Å². The number of rotatable bonds is 10. The fraction of sp³-hybridized carbons (Fsp3) is 0.656. The number of carbonyl (C=O) groups excluding carboxylic acids is 5. The number of Topliss-reactive ketones (excluding diaryl/α,β-unsaturated/α-hetero) is 1. The fourth-order valence-electron chi connectivity index (χ4n) is 8.96. The maximum Gasteiger partial charge on any atom is 0.315 e. The van der Waals surface area contributed by atoms with E-state index in [-0.39, 0.29) is 37.1 Å². The van der Waals surface area contributed by atoms with E-state index in [1.54, 1.807) is 0 Å². The highest BCUT2D eigenvalue weighted by Crippen LogP contribution is 2.55. The quantitative estimate of drug-likeness (QED) is 0.301. The highest BCUT2D eigenvalue weighted by atomic mass is 16.5. The third-order valence-corrected chi connectivity index (χ3v) is 10.4. The van der Waals surface area contributed by atoms with E-state index in [0.29, 0.717) is 37.0 Å². The number of urea groups is 1. The Morgan fingerprint density at radius 1 is 0.977 bits per heavy atom. The summed E-state index contributed by atoms with van der Waals surface area (Å²) in [6.07, 6.45) is 7.47. The minimum absolute atomic E-state index is 0.128. The molecule has 5 fully saturated rings. The Bertz CT molecular complexity index is 1240. The Morgan fingerprint density at radius 2 is 1.58 bits per heavy atom. The van der Waals surface area contributed by atoms with Gasteiger partial charge in [0.1, 0.15) is 6.04 Å². The van der Waals surface area contributed by atoms with Crippen molar-refractivity contribution in [3.05, 3.63) is 35.4 Å². The molecule has 11 nitrogen and oxygen atoms in total. The molecule has 232 valence electrons. The van der Waals surface area contributed by atoms with Gasteiger partial charge >= 0.3 is 6.03 Å². The van der Waals surface area contributed by atoms with Crippen LogP contribution in [0.4, 0.5) is 4.79 Å². The van der Waals surface area contributed by atoms with Gasteiger partial charge in [-0.1, -0.05) is 37.6 Å². The molecule has 43 heavy (non-hydrogen) atoms. The Labute approximate surface area is 252 Å². The molecule has 7 rings (SSSR count). The first-order valence-electron chi connectivity index (χ1n) is 15.9. The largest absolute Gasteiger partial charge is 0.363 e. The number of fused-ring (bicyclic) bond motifs is 1. The predicted octanol–water partition coefficient (Wildman–Crippen LogP) is 1.56. The fourth-order valence-corrected chi connectivity index (χ4v) is 8.96. The van der Waals surface area contributed by atoms with E-state index in [4.69, 9.17) is 10.5 Å². The van der Waals surface area contributed by atoms with E-state index in [2.05, 4.69) is 16.0 Å². The maximum absolute atomic E-state index is 14.2. The number of nitrogens with one attached hydrogen (secondary N) is 3. The van der Waals surface area contributed by atoms with E-state index in [9.17, 15) is 24.0 Å². The van der Waals surface area contributed by atoms with Crippen molar-refractivity contribution < 1.29 is 28.7 Å². The first-order chi connectivity index (χ1) is 20.6. The van der Waals surface area contributed by atoms with Crippen LogP contribution in [0.15, 0.2) is 24.3 Å². The number of nitrogens with zero attached hydrogens (tertiary/aromatic N) is 1. The van der Waals surface area contributed by atoms with Gasteiger partial charge in [0, 0.05) is 12.1 Å². The molecular formula is C32H43N5O6. The Morgan fingerprint density at radius 3 is 2.14 bits per heavy atom. The second-order valence-electron chi connectivity index (χ2n) is 13.5. The number of primary amides is 1. The van der Waals surface area contributed by atoms with Gasteiger partial charge in [-0.15, -0.1) is 0 Å². The molecule has 0 spiro atoms. The molecule has 1 aliphatic heterocycles. The van der Waals surface area contributed by atoms with E-state index in [1.165, 1.54) is 24.2 Å². The van der Waals surface area contributed by atoms with Crippen molar-refractivity contribution in [3.8, 4) is 0 Å². The summed E-state index contributed by atoms with van der Waals surface area (Å²) in [6, 6.07) is 5.72. The molecule has 1 heterocycles. The molecule has 0 aromatic heterocycles. The standard InChI is InChI=1S/C32H43N5O6/c1-2-5-24(26(38)27(33)39)34-28(40)30-37(8-9-43-30)29(41)25(23-13-21-6-3-4-7-22(21)14-23)35-31(42)36-32-15-18-10-19(16-32)12-20(11-18)17-32/h3-4,6-7,18-20,23-25,30H,2,5,8-17H2,1H3,(H2,33,39)(H,34,40)(H2,35,36,42)/t18?,19?,20?,24?,25?,30-,32?/m0/s1. The van der Waals surface area contributed by atoms with E-state index in [0.717, 1.165) is 30.4 Å². The van der Waals surface area contributed by atoms with Crippen LogP contribution in [0.1, 0.15) is 69.4 Å². The average molecular weight is 594 g/mol. The van der Waals surface area contributed by atoms with Gasteiger partial charge in [-0.3, -0.25) is 19.2 Å². The Balaban J connectivity index is 1.19. The van der Waals surface area contributed by atoms with Crippen LogP contribution in [-0.2, 0) is 36.8 Å². The van der Waals surface area contributed by atoms with Gasteiger partial charge < -0.3 is 31.3 Å². The SMILES string of the molecule is CCCC(NC(=O)[C@@H]1OCCN1C(=O)C(NC(=O)NC12CC3CC(CC(C3)C1)C2)C1Cc2ccccc2C1)C(=O)C(N)=O. The van der Waals surface area contributed by atoms with Gasteiger partial charge in [0.15, 0.2) is 0 Å². The first kappa shape index (κ1) is 29.6. The molecule has 1 aromatic carbocycles. The molecule has 2 unspecified atom stereocenters. The number of ketones is 1. The molecule has 1 saturated heterocycles. The van der Waals surface area contributed by atoms with Crippen LogP contribution >= 0.6 is 0 Å². The average Bonchev–Trinajstić information content (AvgIpc) is 3.61. The van der Waals surface area contributed by atoms with Gasteiger partial charge in [0.2, 0.25) is 17.9 Å². The molecule has 4 saturated carbocycles. The highest BCUT2D eigenvalue weighted by Gasteiger charge is 2.52. The second kappa shape index (κ2) is 11.9. The molecule has 5 N–H and O–H groups in total. The zero-order valence-electron chi connectivity index (χ0n) is 24.8. The number of benzene rings is 1. The van der Waals surface area contributed by atoms with Gasteiger partial charge in [-0.2, -0.15) is 0 Å². The number of hydrogen-bond acceptors (Lipinski definition) is 6. The van der Waals surface area contributed by atoms with E-state index >= 15 is 0 Å². The van der Waals surface area contributed by atoms with Crippen LogP contribution in [-0.4, -0.2) is 71.4 Å². The van der Waals surface area contributed by atoms with Crippen molar-refractivity contribution in [1.29, 1.82) is 0 Å². The zero-order valence-corrected chi connectivity index (χ0v) is 24.8. The van der Waals surface area contributed by atoms with Crippen molar-refractivity contribution in [2.45, 2.75) is 95.0 Å². The summed E-state index contributed by atoms with van der Waals surface area (Å²) in [4.78, 5) is 66.4. The van der Waals surface area contributed by atoms with Gasteiger partial charge in [0.25, 0.3) is 11.8 Å². The number of hydrogen-bond donors (Lipinski definition) is 4. The van der Waals surface area contributed by atoms with Crippen LogP contribution in [0.25, 0.3) is 0 Å². The van der Waals surface area contributed by atoms with Crippen molar-refractivity contribution in [2.24, 2.45) is 29.4 Å². The van der Waals surface area contributed by atoms with Crippen LogP contribution in [0, 0.1) is 23.7 Å². The molecule has 5 amide bonds. The summed E-state index contributed by atoms with van der Waals surface area (Å²) in [7, 11) is 0. The summed E-state index contributed by atoms with van der Waals surface area (Å²) in [5, 5.41) is 8.95. The summed E-state index contributed by atoms with van der Waals surface area (Å²) in [6.45, 7) is 2.11. The Hall–Kier alpha value is -3.47. The lowest BCUT2D eigenvalue weighted by molar-refractivity contribution is -0.151. The van der Waals surface area contributed by atoms with E-state index in [1.807, 2.05) is 31.2 Å². The molecule has 6 aliphatic rings. The van der Waals surface area contributed by atoms with Crippen molar-refractivity contribution in [2.75, 3.05) is 13.2 Å².